The quantitative estimate of drug-likeness (QED) is 0.441. The number of aliphatic hydroxyl groups is 1. The highest BCUT2D eigenvalue weighted by Gasteiger charge is 2.08. The van der Waals surface area contributed by atoms with Crippen molar-refractivity contribution in [2.75, 3.05) is 32.9 Å². The van der Waals surface area contributed by atoms with Crippen molar-refractivity contribution in [3.63, 3.8) is 0 Å². The zero-order valence-electron chi connectivity index (χ0n) is 15.4. The van der Waals surface area contributed by atoms with Crippen LogP contribution in [0, 0.1) is 0 Å². The van der Waals surface area contributed by atoms with E-state index in [2.05, 4.69) is 21.4 Å². The van der Waals surface area contributed by atoms with Gasteiger partial charge in [-0.2, -0.15) is 0 Å². The number of hydrogen-bond donors (Lipinski definition) is 3. The number of aliphatic hydroxyl groups excluding tert-OH is 1. The van der Waals surface area contributed by atoms with Crippen LogP contribution in [0.15, 0.2) is 48.0 Å². The van der Waals surface area contributed by atoms with Gasteiger partial charge in [0.25, 0.3) is 0 Å². The van der Waals surface area contributed by atoms with Crippen LogP contribution in [0.3, 0.4) is 0 Å². The smallest absolute Gasteiger partial charge is 0.137 e. The van der Waals surface area contributed by atoms with Crippen LogP contribution in [0.5, 0.6) is 5.75 Å². The van der Waals surface area contributed by atoms with Crippen LogP contribution in [0.4, 0.5) is 0 Å². The van der Waals surface area contributed by atoms with Crippen molar-refractivity contribution in [3.8, 4) is 27.7 Å². The molecule has 3 rings (SSSR count). The molecule has 0 saturated carbocycles. The molecule has 0 unspecified atom stereocenters. The number of aromatic amines is 1. The second-order valence-electron chi connectivity index (χ2n) is 6.01. The van der Waals surface area contributed by atoms with Gasteiger partial charge >= 0.3 is 0 Å². The maximum absolute atomic E-state index is 9.95. The highest BCUT2D eigenvalue weighted by Crippen LogP contribution is 2.26. The molecule has 2 aromatic heterocycles. The Kier molecular flexibility index (Phi) is 7.41. The normalized spacial score (nSPS) is 12.2. The number of benzene rings is 1. The number of H-pyrrole nitrogens is 1. The number of hydrogen-bond acceptors (Lipinski definition) is 6. The molecule has 2 heterocycles. The Morgan fingerprint density at radius 2 is 2.11 bits per heavy atom. The van der Waals surface area contributed by atoms with E-state index in [0.717, 1.165) is 34.3 Å². The molecule has 0 bridgehead atoms. The van der Waals surface area contributed by atoms with Gasteiger partial charge in [0.1, 0.15) is 24.3 Å². The topological polar surface area (TPSA) is 79.4 Å². The molecular formula is C20H25N3O3S. The van der Waals surface area contributed by atoms with Crippen LogP contribution in [0.2, 0.25) is 0 Å². The Labute approximate surface area is 163 Å². The SMILES string of the molecule is CCOCCNC[C@H](O)COc1ccc(-c2ncc(-c3cccs3)[nH]2)cc1. The first-order valence-corrected chi connectivity index (χ1v) is 9.93. The number of thiophene rings is 1. The number of nitrogens with zero attached hydrogens (tertiary/aromatic N) is 1. The molecule has 144 valence electrons. The third-order valence-corrected chi connectivity index (χ3v) is 4.84. The molecule has 3 N–H and O–H groups in total. The summed E-state index contributed by atoms with van der Waals surface area (Å²) in [5.74, 6) is 1.54. The van der Waals surface area contributed by atoms with Crippen LogP contribution in [0.25, 0.3) is 22.0 Å². The zero-order valence-corrected chi connectivity index (χ0v) is 16.2. The number of aromatic nitrogens is 2. The van der Waals surface area contributed by atoms with Crippen molar-refractivity contribution in [1.82, 2.24) is 15.3 Å². The molecule has 0 spiro atoms. The van der Waals surface area contributed by atoms with Crippen molar-refractivity contribution in [3.05, 3.63) is 48.0 Å². The number of nitrogens with one attached hydrogen (secondary N) is 2. The Morgan fingerprint density at radius 1 is 1.26 bits per heavy atom. The third kappa shape index (κ3) is 5.90. The van der Waals surface area contributed by atoms with E-state index in [0.29, 0.717) is 19.8 Å². The molecule has 7 heteroatoms. The lowest BCUT2D eigenvalue weighted by atomic mass is 10.2. The van der Waals surface area contributed by atoms with Gasteiger partial charge in [0.05, 0.1) is 23.4 Å². The van der Waals surface area contributed by atoms with Gasteiger partial charge in [-0.1, -0.05) is 6.07 Å². The highest BCUT2D eigenvalue weighted by molar-refractivity contribution is 7.13. The average Bonchev–Trinajstić information content (AvgIpc) is 3.38. The van der Waals surface area contributed by atoms with Crippen molar-refractivity contribution in [2.45, 2.75) is 13.0 Å². The average molecular weight is 388 g/mol. The molecule has 0 amide bonds. The fraction of sp³-hybridized carbons (Fsp3) is 0.350. The largest absolute Gasteiger partial charge is 0.491 e. The number of ether oxygens (including phenoxy) is 2. The van der Waals surface area contributed by atoms with Crippen LogP contribution in [-0.2, 0) is 4.74 Å². The second-order valence-corrected chi connectivity index (χ2v) is 6.96. The molecule has 3 aromatic rings. The summed E-state index contributed by atoms with van der Waals surface area (Å²) in [5.41, 5.74) is 2.00. The number of imidazole rings is 1. The summed E-state index contributed by atoms with van der Waals surface area (Å²) in [6.45, 7) is 4.75. The Morgan fingerprint density at radius 3 is 2.85 bits per heavy atom. The molecule has 0 fully saturated rings. The summed E-state index contributed by atoms with van der Waals surface area (Å²) in [5, 5.41) is 15.1. The second kappa shape index (κ2) is 10.2. The Hall–Kier alpha value is -2.19. The first kappa shape index (κ1) is 19.6. The van der Waals surface area contributed by atoms with E-state index in [-0.39, 0.29) is 6.61 Å². The van der Waals surface area contributed by atoms with Crippen LogP contribution in [0.1, 0.15) is 6.92 Å². The van der Waals surface area contributed by atoms with Gasteiger partial charge in [0.2, 0.25) is 0 Å². The van der Waals surface area contributed by atoms with Gasteiger partial charge in [0, 0.05) is 25.3 Å². The third-order valence-electron chi connectivity index (χ3n) is 3.94. The highest BCUT2D eigenvalue weighted by atomic mass is 32.1. The zero-order chi connectivity index (χ0) is 18.9. The van der Waals surface area contributed by atoms with E-state index in [1.54, 1.807) is 11.3 Å². The van der Waals surface area contributed by atoms with Gasteiger partial charge in [-0.3, -0.25) is 0 Å². The predicted molar refractivity (Wildman–Crippen MR) is 108 cm³/mol. The van der Waals surface area contributed by atoms with Gasteiger partial charge in [-0.05, 0) is 42.6 Å². The summed E-state index contributed by atoms with van der Waals surface area (Å²) in [4.78, 5) is 8.96. The predicted octanol–water partition coefficient (Wildman–Crippen LogP) is 3.17. The summed E-state index contributed by atoms with van der Waals surface area (Å²) >= 11 is 1.68. The minimum absolute atomic E-state index is 0.240. The molecule has 0 radical (unpaired) electrons. The number of rotatable bonds is 11. The van der Waals surface area contributed by atoms with Gasteiger partial charge in [0.15, 0.2) is 0 Å². The molecule has 6 nitrogen and oxygen atoms in total. The van der Waals surface area contributed by atoms with E-state index in [9.17, 15) is 5.11 Å². The standard InChI is InChI=1S/C20H25N3O3S/c1-2-25-10-9-21-12-16(24)14-26-17-7-5-15(6-8-17)20-22-13-18(23-20)19-4-3-11-27-19/h3-8,11,13,16,21,24H,2,9-10,12,14H2,1H3,(H,22,23)/t16-/m0/s1. The molecule has 0 saturated heterocycles. The maximum atomic E-state index is 9.95. The molecule has 0 aliphatic rings. The Bertz CT molecular complexity index is 787. The first-order chi connectivity index (χ1) is 13.3. The molecule has 0 aliphatic carbocycles. The summed E-state index contributed by atoms with van der Waals surface area (Å²) < 4.78 is 10.9. The van der Waals surface area contributed by atoms with E-state index in [1.165, 1.54) is 0 Å². The van der Waals surface area contributed by atoms with Gasteiger partial charge < -0.3 is 24.9 Å². The molecule has 0 aliphatic heterocycles. The monoisotopic (exact) mass is 387 g/mol. The molecule has 1 atom stereocenters. The van der Waals surface area contributed by atoms with E-state index < -0.39 is 6.10 Å². The van der Waals surface area contributed by atoms with E-state index >= 15 is 0 Å². The summed E-state index contributed by atoms with van der Waals surface area (Å²) in [6.07, 6.45) is 1.28. The van der Waals surface area contributed by atoms with E-state index in [4.69, 9.17) is 9.47 Å². The van der Waals surface area contributed by atoms with Crippen LogP contribution >= 0.6 is 11.3 Å². The lowest BCUT2D eigenvalue weighted by molar-refractivity contribution is 0.100. The van der Waals surface area contributed by atoms with Crippen molar-refractivity contribution < 1.29 is 14.6 Å². The maximum Gasteiger partial charge on any atom is 0.137 e. The summed E-state index contributed by atoms with van der Waals surface area (Å²) in [6, 6.07) is 11.8. The van der Waals surface area contributed by atoms with Crippen molar-refractivity contribution in [2.24, 2.45) is 0 Å². The van der Waals surface area contributed by atoms with Crippen molar-refractivity contribution >= 4 is 11.3 Å². The lowest BCUT2D eigenvalue weighted by Gasteiger charge is -2.13. The first-order valence-electron chi connectivity index (χ1n) is 9.05. The van der Waals surface area contributed by atoms with Gasteiger partial charge in [-0.15, -0.1) is 11.3 Å². The Balaban J connectivity index is 1.46. The minimum atomic E-state index is -0.565. The molecular weight excluding hydrogens is 362 g/mol. The molecule has 1 aromatic carbocycles. The van der Waals surface area contributed by atoms with Crippen LogP contribution < -0.4 is 10.1 Å². The van der Waals surface area contributed by atoms with Gasteiger partial charge in [-0.25, -0.2) is 4.98 Å². The van der Waals surface area contributed by atoms with Crippen molar-refractivity contribution in [1.29, 1.82) is 0 Å². The fourth-order valence-electron chi connectivity index (χ4n) is 2.54. The fourth-order valence-corrected chi connectivity index (χ4v) is 3.23. The van der Waals surface area contributed by atoms with E-state index in [1.807, 2.05) is 48.8 Å². The summed E-state index contributed by atoms with van der Waals surface area (Å²) in [7, 11) is 0. The lowest BCUT2D eigenvalue weighted by Crippen LogP contribution is -2.33. The molecule has 27 heavy (non-hydrogen) atoms. The van der Waals surface area contributed by atoms with Crippen LogP contribution in [-0.4, -0.2) is 54.1 Å². The minimum Gasteiger partial charge on any atom is -0.491 e.